The summed E-state index contributed by atoms with van der Waals surface area (Å²) in [6.07, 6.45) is 9.00. The van der Waals surface area contributed by atoms with Crippen molar-refractivity contribution in [3.05, 3.63) is 0 Å². The molecule has 0 atom stereocenters. The van der Waals surface area contributed by atoms with E-state index in [0.717, 1.165) is 38.5 Å². The SMILES string of the molecule is FC(F)(F)CCCCCCCCCCCCCCCCC(F)(F)I. The fourth-order valence-corrected chi connectivity index (χ4v) is 3.15. The van der Waals surface area contributed by atoms with Crippen LogP contribution < -0.4 is 0 Å². The Morgan fingerprint density at radius 2 is 0.667 bits per heavy atom. The maximum atomic E-state index is 12.6. The summed E-state index contributed by atoms with van der Waals surface area (Å²) in [6, 6.07) is 0. The predicted molar refractivity (Wildman–Crippen MR) is 98.9 cm³/mol. The minimum atomic E-state index is -4.00. The number of hydrogen-bond donors (Lipinski definition) is 0. The van der Waals surface area contributed by atoms with Crippen LogP contribution in [0.5, 0.6) is 0 Å². The van der Waals surface area contributed by atoms with E-state index in [1.807, 2.05) is 0 Å². The normalized spacial score (nSPS) is 12.8. The number of halogens is 6. The molecule has 0 aromatic carbocycles. The minimum Gasteiger partial charge on any atom is -0.195 e. The van der Waals surface area contributed by atoms with Crippen LogP contribution in [0.4, 0.5) is 22.0 Å². The topological polar surface area (TPSA) is 0 Å². The van der Waals surface area contributed by atoms with Gasteiger partial charge in [-0.25, -0.2) is 0 Å². The molecule has 0 rings (SSSR count). The van der Waals surface area contributed by atoms with Crippen LogP contribution in [-0.2, 0) is 0 Å². The summed E-state index contributed by atoms with van der Waals surface area (Å²) in [6.45, 7) is 0. The van der Waals surface area contributed by atoms with E-state index < -0.39 is 16.5 Å². The number of rotatable bonds is 16. The van der Waals surface area contributed by atoms with Crippen molar-refractivity contribution in [1.82, 2.24) is 0 Å². The Morgan fingerprint density at radius 3 is 0.917 bits per heavy atom. The van der Waals surface area contributed by atoms with Gasteiger partial charge in [-0.2, -0.15) is 22.0 Å². The lowest BCUT2D eigenvalue weighted by Crippen LogP contribution is -2.06. The van der Waals surface area contributed by atoms with E-state index in [4.69, 9.17) is 0 Å². The van der Waals surface area contributed by atoms with Crippen LogP contribution in [0.3, 0.4) is 0 Å². The van der Waals surface area contributed by atoms with Crippen LogP contribution in [0, 0.1) is 0 Å². The van der Waals surface area contributed by atoms with Crippen molar-refractivity contribution in [3.63, 3.8) is 0 Å². The van der Waals surface area contributed by atoms with Crippen LogP contribution in [0.1, 0.15) is 103 Å². The van der Waals surface area contributed by atoms with Crippen LogP contribution in [0.25, 0.3) is 0 Å². The quantitative estimate of drug-likeness (QED) is 0.0915. The van der Waals surface area contributed by atoms with Crippen molar-refractivity contribution in [2.24, 2.45) is 0 Å². The fourth-order valence-electron chi connectivity index (χ4n) is 2.77. The van der Waals surface area contributed by atoms with Gasteiger partial charge >= 0.3 is 6.18 Å². The highest BCUT2D eigenvalue weighted by Gasteiger charge is 2.25. The summed E-state index contributed by atoms with van der Waals surface area (Å²) >= 11 is 1.20. The first kappa shape index (κ1) is 24.4. The Bertz CT molecular complexity index is 246. The highest BCUT2D eigenvalue weighted by molar-refractivity contribution is 14.1. The van der Waals surface area contributed by atoms with E-state index in [-0.39, 0.29) is 12.8 Å². The van der Waals surface area contributed by atoms with E-state index in [0.29, 0.717) is 12.8 Å². The van der Waals surface area contributed by atoms with E-state index in [9.17, 15) is 22.0 Å². The standard InChI is InChI=1S/C18H32F5I/c19-17(20,21)15-13-11-9-7-5-3-1-2-4-6-8-10-12-14-16-18(22,23)24/h1-16H2. The summed E-state index contributed by atoms with van der Waals surface area (Å²) in [5.41, 5.74) is 0. The molecular formula is C18H32F5I. The van der Waals surface area contributed by atoms with Gasteiger partial charge in [-0.15, -0.1) is 0 Å². The van der Waals surface area contributed by atoms with E-state index in [2.05, 4.69) is 0 Å². The molecule has 6 heteroatoms. The minimum absolute atomic E-state index is 0.0102. The van der Waals surface area contributed by atoms with Crippen molar-refractivity contribution in [2.45, 2.75) is 113 Å². The van der Waals surface area contributed by atoms with Crippen molar-refractivity contribution >= 4 is 22.6 Å². The summed E-state index contributed by atoms with van der Waals surface area (Å²) in [4.78, 5) is 0. The molecule has 0 aliphatic carbocycles. The second-order valence-corrected chi connectivity index (χ2v) is 8.26. The van der Waals surface area contributed by atoms with Crippen LogP contribution in [0.15, 0.2) is 0 Å². The molecule has 0 radical (unpaired) electrons. The van der Waals surface area contributed by atoms with Gasteiger partial charge < -0.3 is 0 Å². The van der Waals surface area contributed by atoms with E-state index in [1.165, 1.54) is 54.7 Å². The van der Waals surface area contributed by atoms with E-state index in [1.54, 1.807) is 0 Å². The van der Waals surface area contributed by atoms with Gasteiger partial charge in [0.15, 0.2) is 0 Å². The van der Waals surface area contributed by atoms with Crippen molar-refractivity contribution in [2.75, 3.05) is 0 Å². The maximum absolute atomic E-state index is 12.6. The molecule has 0 fully saturated rings. The zero-order valence-electron chi connectivity index (χ0n) is 14.6. The van der Waals surface area contributed by atoms with Gasteiger partial charge in [-0.3, -0.25) is 0 Å². The third-order valence-corrected chi connectivity index (χ3v) is 4.71. The molecule has 146 valence electrons. The lowest BCUT2D eigenvalue weighted by atomic mass is 10.0. The first-order valence-corrected chi connectivity index (χ1v) is 10.4. The molecule has 0 saturated carbocycles. The molecule has 0 unspecified atom stereocenters. The summed E-state index contributed by atoms with van der Waals surface area (Å²) in [7, 11) is 0. The van der Waals surface area contributed by atoms with Crippen molar-refractivity contribution < 1.29 is 22.0 Å². The zero-order chi connectivity index (χ0) is 18.3. The summed E-state index contributed by atoms with van der Waals surface area (Å²) < 4.78 is 58.4. The van der Waals surface area contributed by atoms with Crippen LogP contribution in [0.2, 0.25) is 0 Å². The molecule has 0 amide bonds. The third kappa shape index (κ3) is 22.4. The Labute approximate surface area is 157 Å². The average Bonchev–Trinajstić information content (AvgIpc) is 2.44. The second-order valence-electron chi connectivity index (χ2n) is 6.68. The first-order chi connectivity index (χ1) is 11.2. The Balaban J connectivity index is 3.08. The molecule has 24 heavy (non-hydrogen) atoms. The van der Waals surface area contributed by atoms with Crippen LogP contribution in [-0.4, -0.2) is 10.1 Å². The predicted octanol–water partition coefficient (Wildman–Crippen LogP) is 8.82. The molecule has 0 spiro atoms. The van der Waals surface area contributed by atoms with Gasteiger partial charge in [0, 0.05) is 12.8 Å². The van der Waals surface area contributed by atoms with Gasteiger partial charge in [0.25, 0.3) is 3.93 Å². The molecular weight excluding hydrogens is 438 g/mol. The van der Waals surface area contributed by atoms with Gasteiger partial charge in [0.2, 0.25) is 0 Å². The fraction of sp³-hybridized carbons (Fsp3) is 1.00. The number of unbranched alkanes of at least 4 members (excludes halogenated alkanes) is 13. The first-order valence-electron chi connectivity index (χ1n) is 9.34. The molecule has 0 aliphatic rings. The Hall–Kier alpha value is 0.380. The summed E-state index contributed by atoms with van der Waals surface area (Å²) in [5, 5.41) is 0. The van der Waals surface area contributed by atoms with Gasteiger partial charge in [-0.1, -0.05) is 77.0 Å². The molecule has 0 aromatic rings. The highest BCUT2D eigenvalue weighted by atomic mass is 127. The molecule has 0 heterocycles. The molecule has 0 N–H and O–H groups in total. The molecule has 0 aromatic heterocycles. The second kappa shape index (κ2) is 14.5. The lowest BCUT2D eigenvalue weighted by molar-refractivity contribution is -0.135. The maximum Gasteiger partial charge on any atom is 0.389 e. The van der Waals surface area contributed by atoms with Gasteiger partial charge in [0.05, 0.1) is 0 Å². The Morgan fingerprint density at radius 1 is 0.417 bits per heavy atom. The zero-order valence-corrected chi connectivity index (χ0v) is 16.7. The monoisotopic (exact) mass is 470 g/mol. The highest BCUT2D eigenvalue weighted by Crippen LogP contribution is 2.29. The Kier molecular flexibility index (Phi) is 14.8. The van der Waals surface area contributed by atoms with Crippen LogP contribution >= 0.6 is 22.6 Å². The van der Waals surface area contributed by atoms with Crippen molar-refractivity contribution in [1.29, 1.82) is 0 Å². The largest absolute Gasteiger partial charge is 0.389 e. The molecule has 0 nitrogen and oxygen atoms in total. The van der Waals surface area contributed by atoms with E-state index >= 15 is 0 Å². The smallest absolute Gasteiger partial charge is 0.195 e. The average molecular weight is 470 g/mol. The number of hydrogen-bond acceptors (Lipinski definition) is 0. The molecule has 0 saturated heterocycles. The number of alkyl halides is 6. The van der Waals surface area contributed by atoms with Crippen molar-refractivity contribution in [3.8, 4) is 0 Å². The molecule has 0 bridgehead atoms. The molecule has 0 aliphatic heterocycles. The van der Waals surface area contributed by atoms with Gasteiger partial charge in [0.1, 0.15) is 0 Å². The third-order valence-electron chi connectivity index (χ3n) is 4.17. The summed E-state index contributed by atoms with van der Waals surface area (Å²) in [5.74, 6) is 0. The lowest BCUT2D eigenvalue weighted by Gasteiger charge is -2.07. The van der Waals surface area contributed by atoms with Gasteiger partial charge in [-0.05, 0) is 35.4 Å².